The first-order valence-electron chi connectivity index (χ1n) is 5.19. The lowest BCUT2D eigenvalue weighted by atomic mass is 9.98. The Morgan fingerprint density at radius 2 is 2.46 bits per heavy atom. The molecule has 0 radical (unpaired) electrons. The fraction of sp³-hybridized carbons (Fsp3) is 0.818. The first kappa shape index (κ1) is 10.7. The normalized spacial score (nSPS) is 24.5. The lowest BCUT2D eigenvalue weighted by Gasteiger charge is -2.13. The largest absolute Gasteiger partial charge is 0.393 e. The number of unbranched alkanes of at least 4 members (excludes halogenated alkanes) is 1. The molecular formula is C11H20O2. The van der Waals surface area contributed by atoms with Crippen molar-refractivity contribution in [3.8, 4) is 0 Å². The molecule has 0 amide bonds. The van der Waals surface area contributed by atoms with E-state index in [0.29, 0.717) is 5.92 Å². The number of rotatable bonds is 6. The minimum Gasteiger partial charge on any atom is -0.393 e. The molecule has 1 rings (SSSR count). The van der Waals surface area contributed by atoms with Gasteiger partial charge < -0.3 is 9.84 Å². The van der Waals surface area contributed by atoms with Crippen LogP contribution < -0.4 is 0 Å². The van der Waals surface area contributed by atoms with Crippen molar-refractivity contribution >= 4 is 0 Å². The van der Waals surface area contributed by atoms with Crippen molar-refractivity contribution in [1.82, 2.24) is 0 Å². The van der Waals surface area contributed by atoms with Crippen LogP contribution in [0.5, 0.6) is 0 Å². The van der Waals surface area contributed by atoms with Gasteiger partial charge in [0.25, 0.3) is 0 Å². The summed E-state index contributed by atoms with van der Waals surface area (Å²) in [7, 11) is 0. The maximum absolute atomic E-state index is 9.65. The third kappa shape index (κ3) is 4.44. The molecule has 1 saturated heterocycles. The number of hydrogen-bond donors (Lipinski definition) is 1. The molecule has 1 N–H and O–H groups in total. The van der Waals surface area contributed by atoms with E-state index in [0.717, 1.165) is 45.3 Å². The van der Waals surface area contributed by atoms with Gasteiger partial charge in [-0.3, -0.25) is 0 Å². The predicted molar refractivity (Wildman–Crippen MR) is 53.6 cm³/mol. The van der Waals surface area contributed by atoms with Crippen LogP contribution in [0.15, 0.2) is 12.7 Å². The van der Waals surface area contributed by atoms with Crippen LogP contribution in [0.1, 0.15) is 32.1 Å². The topological polar surface area (TPSA) is 29.5 Å². The highest BCUT2D eigenvalue weighted by molar-refractivity contribution is 4.71. The predicted octanol–water partition coefficient (Wildman–Crippen LogP) is 2.13. The standard InChI is InChI=1S/C11H20O2/c1-2-3-4-5-11(12)8-10-6-7-13-9-10/h2,10-12H,1,3-9H2. The minimum absolute atomic E-state index is 0.133. The summed E-state index contributed by atoms with van der Waals surface area (Å²) >= 11 is 0. The summed E-state index contributed by atoms with van der Waals surface area (Å²) in [6.07, 6.45) is 6.78. The average Bonchev–Trinajstić information content (AvgIpc) is 2.57. The van der Waals surface area contributed by atoms with Crippen molar-refractivity contribution in [3.63, 3.8) is 0 Å². The van der Waals surface area contributed by atoms with E-state index in [9.17, 15) is 5.11 Å². The van der Waals surface area contributed by atoms with Gasteiger partial charge in [0, 0.05) is 13.2 Å². The van der Waals surface area contributed by atoms with E-state index in [1.54, 1.807) is 0 Å². The van der Waals surface area contributed by atoms with Gasteiger partial charge in [0.05, 0.1) is 6.10 Å². The second-order valence-electron chi connectivity index (χ2n) is 3.84. The number of hydrogen-bond acceptors (Lipinski definition) is 2. The van der Waals surface area contributed by atoms with Crippen molar-refractivity contribution in [2.75, 3.05) is 13.2 Å². The molecular weight excluding hydrogens is 164 g/mol. The highest BCUT2D eigenvalue weighted by atomic mass is 16.5. The summed E-state index contributed by atoms with van der Waals surface area (Å²) < 4.78 is 5.26. The Morgan fingerprint density at radius 3 is 3.08 bits per heavy atom. The van der Waals surface area contributed by atoms with Crippen LogP contribution in [0.4, 0.5) is 0 Å². The molecule has 2 nitrogen and oxygen atoms in total. The molecule has 2 heteroatoms. The Labute approximate surface area is 80.6 Å². The Morgan fingerprint density at radius 1 is 1.62 bits per heavy atom. The monoisotopic (exact) mass is 184 g/mol. The van der Waals surface area contributed by atoms with Crippen LogP contribution >= 0.6 is 0 Å². The van der Waals surface area contributed by atoms with Gasteiger partial charge in [-0.1, -0.05) is 6.08 Å². The van der Waals surface area contributed by atoms with Crippen LogP contribution in [0.2, 0.25) is 0 Å². The molecule has 2 atom stereocenters. The third-order valence-corrected chi connectivity index (χ3v) is 2.57. The van der Waals surface area contributed by atoms with Crippen LogP contribution in [-0.2, 0) is 4.74 Å². The Kier molecular flexibility index (Phi) is 5.09. The number of allylic oxidation sites excluding steroid dienone is 1. The number of ether oxygens (including phenoxy) is 1. The van der Waals surface area contributed by atoms with Crippen molar-refractivity contribution in [2.45, 2.75) is 38.2 Å². The molecule has 0 aromatic heterocycles. The molecule has 1 aliphatic rings. The third-order valence-electron chi connectivity index (χ3n) is 2.57. The zero-order valence-corrected chi connectivity index (χ0v) is 8.24. The summed E-state index contributed by atoms with van der Waals surface area (Å²) in [6.45, 7) is 5.38. The fourth-order valence-corrected chi connectivity index (χ4v) is 1.77. The highest BCUT2D eigenvalue weighted by Gasteiger charge is 2.18. The lowest BCUT2D eigenvalue weighted by Crippen LogP contribution is -2.13. The molecule has 1 heterocycles. The molecule has 0 aliphatic carbocycles. The SMILES string of the molecule is C=CCCCC(O)CC1CCOC1. The second kappa shape index (κ2) is 6.17. The molecule has 2 unspecified atom stereocenters. The summed E-state index contributed by atoms with van der Waals surface area (Å²) in [5.74, 6) is 0.596. The van der Waals surface area contributed by atoms with Gasteiger partial charge in [-0.05, 0) is 38.0 Å². The van der Waals surface area contributed by atoms with Crippen LogP contribution in [0.3, 0.4) is 0 Å². The first-order valence-corrected chi connectivity index (χ1v) is 5.19. The minimum atomic E-state index is -0.133. The van der Waals surface area contributed by atoms with Crippen molar-refractivity contribution in [1.29, 1.82) is 0 Å². The van der Waals surface area contributed by atoms with Gasteiger partial charge in [0.15, 0.2) is 0 Å². The number of aliphatic hydroxyl groups excluding tert-OH is 1. The van der Waals surface area contributed by atoms with E-state index in [-0.39, 0.29) is 6.10 Å². The molecule has 0 saturated carbocycles. The molecule has 76 valence electrons. The Balaban J connectivity index is 2.02. The number of aliphatic hydroxyl groups is 1. The van der Waals surface area contributed by atoms with Gasteiger partial charge in [-0.15, -0.1) is 6.58 Å². The average molecular weight is 184 g/mol. The molecule has 0 bridgehead atoms. The van der Waals surface area contributed by atoms with Gasteiger partial charge >= 0.3 is 0 Å². The Bertz CT molecular complexity index is 139. The van der Waals surface area contributed by atoms with Crippen molar-refractivity contribution < 1.29 is 9.84 Å². The van der Waals surface area contributed by atoms with E-state index in [1.165, 1.54) is 0 Å². The molecule has 0 aromatic rings. The summed E-state index contributed by atoms with van der Waals surface area (Å²) in [4.78, 5) is 0. The van der Waals surface area contributed by atoms with E-state index in [2.05, 4.69) is 6.58 Å². The van der Waals surface area contributed by atoms with Crippen LogP contribution in [0.25, 0.3) is 0 Å². The van der Waals surface area contributed by atoms with E-state index in [4.69, 9.17) is 4.74 Å². The fourth-order valence-electron chi connectivity index (χ4n) is 1.77. The second-order valence-corrected chi connectivity index (χ2v) is 3.84. The zero-order valence-electron chi connectivity index (χ0n) is 8.24. The van der Waals surface area contributed by atoms with Crippen molar-refractivity contribution in [3.05, 3.63) is 12.7 Å². The smallest absolute Gasteiger partial charge is 0.0543 e. The van der Waals surface area contributed by atoms with E-state index < -0.39 is 0 Å². The highest BCUT2D eigenvalue weighted by Crippen LogP contribution is 2.20. The maximum Gasteiger partial charge on any atom is 0.0543 e. The summed E-state index contributed by atoms with van der Waals surface area (Å²) in [5.41, 5.74) is 0. The van der Waals surface area contributed by atoms with Gasteiger partial charge in [-0.2, -0.15) is 0 Å². The molecule has 1 fully saturated rings. The summed E-state index contributed by atoms with van der Waals surface area (Å²) in [6, 6.07) is 0. The molecule has 0 aromatic carbocycles. The lowest BCUT2D eigenvalue weighted by molar-refractivity contribution is 0.120. The molecule has 13 heavy (non-hydrogen) atoms. The van der Waals surface area contributed by atoms with Crippen molar-refractivity contribution in [2.24, 2.45) is 5.92 Å². The zero-order chi connectivity index (χ0) is 9.52. The van der Waals surface area contributed by atoms with Gasteiger partial charge in [-0.25, -0.2) is 0 Å². The van der Waals surface area contributed by atoms with E-state index >= 15 is 0 Å². The van der Waals surface area contributed by atoms with Crippen LogP contribution in [0, 0.1) is 5.92 Å². The quantitative estimate of drug-likeness (QED) is 0.506. The first-order chi connectivity index (χ1) is 6.33. The van der Waals surface area contributed by atoms with Gasteiger partial charge in [0.1, 0.15) is 0 Å². The maximum atomic E-state index is 9.65. The van der Waals surface area contributed by atoms with Gasteiger partial charge in [0.2, 0.25) is 0 Å². The summed E-state index contributed by atoms with van der Waals surface area (Å²) in [5, 5.41) is 9.65. The molecule has 0 spiro atoms. The Hall–Kier alpha value is -0.340. The van der Waals surface area contributed by atoms with E-state index in [1.807, 2.05) is 6.08 Å². The molecule has 1 aliphatic heterocycles. The van der Waals surface area contributed by atoms with Crippen LogP contribution in [-0.4, -0.2) is 24.4 Å².